The highest BCUT2D eigenvalue weighted by molar-refractivity contribution is 7.98. The molecule has 3 aromatic rings. The predicted octanol–water partition coefficient (Wildman–Crippen LogP) is 2.96. The van der Waals surface area contributed by atoms with Crippen LogP contribution in [0.3, 0.4) is 0 Å². The molecule has 3 rings (SSSR count). The molecular formula is C19H21N5O4S. The topological polar surface area (TPSA) is 124 Å². The number of nitrogens with zero attached hydrogens (tertiary/aromatic N) is 2. The Morgan fingerprint density at radius 3 is 2.45 bits per heavy atom. The molecule has 1 amide bonds. The van der Waals surface area contributed by atoms with Gasteiger partial charge in [-0.3, -0.25) is 4.79 Å². The van der Waals surface area contributed by atoms with E-state index in [2.05, 4.69) is 20.5 Å². The van der Waals surface area contributed by atoms with Crippen molar-refractivity contribution in [1.82, 2.24) is 15.2 Å². The van der Waals surface area contributed by atoms with Gasteiger partial charge in [0, 0.05) is 29.1 Å². The highest BCUT2D eigenvalue weighted by Gasteiger charge is 2.15. The number of amides is 1. The number of H-pyrrole nitrogens is 1. The molecule has 0 bridgehead atoms. The lowest BCUT2D eigenvalue weighted by atomic mass is 10.1. The number of carbonyl (C=O) groups excluding carboxylic acids is 1. The second kappa shape index (κ2) is 9.20. The molecule has 0 atom stereocenters. The summed E-state index contributed by atoms with van der Waals surface area (Å²) in [5, 5.41) is 9.98. The molecule has 0 fully saturated rings. The van der Waals surface area contributed by atoms with Crippen LogP contribution in [-0.4, -0.2) is 42.4 Å². The number of benzene rings is 2. The SMILES string of the molecule is COc1cc(NC(=O)c2cccc(CSc3n[nH]c(N)n3)c2)cc(OC)c1OC. The fraction of sp³-hybridized carbons (Fsp3) is 0.211. The van der Waals surface area contributed by atoms with E-state index in [1.54, 1.807) is 18.2 Å². The molecule has 9 nitrogen and oxygen atoms in total. The summed E-state index contributed by atoms with van der Waals surface area (Å²) in [5.74, 6) is 1.98. The van der Waals surface area contributed by atoms with Crippen LogP contribution in [0.5, 0.6) is 17.2 Å². The van der Waals surface area contributed by atoms with Crippen LogP contribution >= 0.6 is 11.8 Å². The first-order valence-corrected chi connectivity index (χ1v) is 9.53. The molecule has 4 N–H and O–H groups in total. The fourth-order valence-corrected chi connectivity index (χ4v) is 3.38. The normalized spacial score (nSPS) is 10.4. The van der Waals surface area contributed by atoms with Gasteiger partial charge in [-0.25, -0.2) is 5.10 Å². The second-order valence-corrected chi connectivity index (χ2v) is 6.80. The number of nitrogens with two attached hydrogens (primary N) is 1. The molecule has 0 unspecified atom stereocenters. The van der Waals surface area contributed by atoms with E-state index in [0.29, 0.717) is 39.4 Å². The van der Waals surface area contributed by atoms with Gasteiger partial charge in [0.2, 0.25) is 16.9 Å². The molecule has 0 saturated carbocycles. The first kappa shape index (κ1) is 20.3. The molecular weight excluding hydrogens is 394 g/mol. The maximum absolute atomic E-state index is 12.7. The number of carbonyl (C=O) groups is 1. The zero-order valence-corrected chi connectivity index (χ0v) is 17.0. The lowest BCUT2D eigenvalue weighted by Gasteiger charge is -2.14. The van der Waals surface area contributed by atoms with E-state index in [1.165, 1.54) is 33.1 Å². The summed E-state index contributed by atoms with van der Waals surface area (Å²) in [6.45, 7) is 0. The molecule has 10 heteroatoms. The van der Waals surface area contributed by atoms with Crippen LogP contribution in [0.4, 0.5) is 11.6 Å². The highest BCUT2D eigenvalue weighted by atomic mass is 32.2. The van der Waals surface area contributed by atoms with Gasteiger partial charge < -0.3 is 25.3 Å². The molecule has 1 heterocycles. The minimum Gasteiger partial charge on any atom is -0.493 e. The number of methoxy groups -OCH3 is 3. The van der Waals surface area contributed by atoms with Crippen molar-refractivity contribution >= 4 is 29.3 Å². The minimum absolute atomic E-state index is 0.256. The van der Waals surface area contributed by atoms with Crippen molar-refractivity contribution in [2.75, 3.05) is 32.4 Å². The lowest BCUT2D eigenvalue weighted by molar-refractivity contribution is 0.102. The third-order valence-electron chi connectivity index (χ3n) is 3.96. The van der Waals surface area contributed by atoms with Crippen molar-refractivity contribution < 1.29 is 19.0 Å². The first-order valence-electron chi connectivity index (χ1n) is 8.55. The van der Waals surface area contributed by atoms with Crippen molar-refractivity contribution in [3.63, 3.8) is 0 Å². The van der Waals surface area contributed by atoms with Gasteiger partial charge in [-0.05, 0) is 17.7 Å². The van der Waals surface area contributed by atoms with Crippen LogP contribution in [-0.2, 0) is 5.75 Å². The highest BCUT2D eigenvalue weighted by Crippen LogP contribution is 2.40. The second-order valence-electron chi connectivity index (χ2n) is 5.86. The summed E-state index contributed by atoms with van der Waals surface area (Å²) in [4.78, 5) is 16.8. The number of aromatic nitrogens is 3. The molecule has 0 aliphatic carbocycles. The lowest BCUT2D eigenvalue weighted by Crippen LogP contribution is -2.12. The minimum atomic E-state index is -0.256. The number of thioether (sulfide) groups is 1. The average molecular weight is 415 g/mol. The quantitative estimate of drug-likeness (QED) is 0.480. The van der Waals surface area contributed by atoms with Crippen LogP contribution in [0.25, 0.3) is 0 Å². The Balaban J connectivity index is 1.74. The van der Waals surface area contributed by atoms with Gasteiger partial charge in [-0.15, -0.1) is 5.10 Å². The average Bonchev–Trinajstić information content (AvgIpc) is 3.16. The number of hydrogen-bond donors (Lipinski definition) is 3. The van der Waals surface area contributed by atoms with E-state index in [0.717, 1.165) is 5.56 Å². The largest absolute Gasteiger partial charge is 0.493 e. The number of ether oxygens (including phenoxy) is 3. The number of aromatic amines is 1. The Kier molecular flexibility index (Phi) is 6.45. The van der Waals surface area contributed by atoms with Crippen LogP contribution in [0.15, 0.2) is 41.6 Å². The Bertz CT molecular complexity index is 983. The third-order valence-corrected chi connectivity index (χ3v) is 4.88. The summed E-state index contributed by atoms with van der Waals surface area (Å²) in [7, 11) is 4.56. The van der Waals surface area contributed by atoms with E-state index in [-0.39, 0.29) is 11.9 Å². The third kappa shape index (κ3) is 4.91. The molecule has 29 heavy (non-hydrogen) atoms. The van der Waals surface area contributed by atoms with Crippen molar-refractivity contribution in [3.8, 4) is 17.2 Å². The van der Waals surface area contributed by atoms with E-state index in [4.69, 9.17) is 19.9 Å². The maximum atomic E-state index is 12.7. The van der Waals surface area contributed by atoms with Crippen LogP contribution in [0, 0.1) is 0 Å². The number of rotatable bonds is 8. The van der Waals surface area contributed by atoms with Gasteiger partial charge in [-0.2, -0.15) is 4.98 Å². The van der Waals surface area contributed by atoms with Crippen LogP contribution in [0.1, 0.15) is 15.9 Å². The Morgan fingerprint density at radius 1 is 1.14 bits per heavy atom. The molecule has 0 saturated heterocycles. The van der Waals surface area contributed by atoms with Crippen LogP contribution in [0.2, 0.25) is 0 Å². The number of nitrogen functional groups attached to an aromatic ring is 1. The summed E-state index contributed by atoms with van der Waals surface area (Å²) in [6, 6.07) is 10.7. The smallest absolute Gasteiger partial charge is 0.255 e. The molecule has 0 radical (unpaired) electrons. The Hall–Kier alpha value is -3.40. The van der Waals surface area contributed by atoms with Gasteiger partial charge in [0.15, 0.2) is 11.5 Å². The molecule has 0 spiro atoms. The molecule has 1 aromatic heterocycles. The summed E-state index contributed by atoms with van der Waals surface area (Å²) >= 11 is 1.42. The van der Waals surface area contributed by atoms with Gasteiger partial charge in [0.25, 0.3) is 5.91 Å². The Morgan fingerprint density at radius 2 is 1.86 bits per heavy atom. The fourth-order valence-electron chi connectivity index (χ4n) is 2.63. The van der Waals surface area contributed by atoms with Gasteiger partial charge in [0.1, 0.15) is 0 Å². The molecule has 0 aliphatic heterocycles. The number of nitrogens with one attached hydrogen (secondary N) is 2. The van der Waals surface area contributed by atoms with Crippen molar-refractivity contribution in [2.45, 2.75) is 10.9 Å². The molecule has 152 valence electrons. The number of anilines is 2. The van der Waals surface area contributed by atoms with Crippen molar-refractivity contribution in [1.29, 1.82) is 0 Å². The van der Waals surface area contributed by atoms with Crippen LogP contribution < -0.4 is 25.3 Å². The predicted molar refractivity (Wildman–Crippen MR) is 111 cm³/mol. The maximum Gasteiger partial charge on any atom is 0.255 e. The van der Waals surface area contributed by atoms with E-state index < -0.39 is 0 Å². The number of hydrogen-bond acceptors (Lipinski definition) is 8. The van der Waals surface area contributed by atoms with E-state index in [1.807, 2.05) is 18.2 Å². The summed E-state index contributed by atoms with van der Waals surface area (Å²) in [6.07, 6.45) is 0. The van der Waals surface area contributed by atoms with Gasteiger partial charge >= 0.3 is 0 Å². The Labute approximate surface area is 172 Å². The zero-order chi connectivity index (χ0) is 20.8. The molecule has 0 aliphatic rings. The van der Waals surface area contributed by atoms with E-state index >= 15 is 0 Å². The summed E-state index contributed by atoms with van der Waals surface area (Å²) in [5.41, 5.74) is 7.53. The molecule has 2 aromatic carbocycles. The van der Waals surface area contributed by atoms with Crippen molar-refractivity contribution in [3.05, 3.63) is 47.5 Å². The van der Waals surface area contributed by atoms with Crippen molar-refractivity contribution in [2.24, 2.45) is 0 Å². The van der Waals surface area contributed by atoms with E-state index in [9.17, 15) is 4.79 Å². The van der Waals surface area contributed by atoms with Gasteiger partial charge in [0.05, 0.1) is 21.3 Å². The van der Waals surface area contributed by atoms with Gasteiger partial charge in [-0.1, -0.05) is 23.9 Å². The summed E-state index contributed by atoms with van der Waals surface area (Å²) < 4.78 is 15.9. The zero-order valence-electron chi connectivity index (χ0n) is 16.2. The first-order chi connectivity index (χ1) is 14.0. The monoisotopic (exact) mass is 415 g/mol. The standard InChI is InChI=1S/C19H21N5O4S/c1-26-14-8-13(9-15(27-2)16(14)28-3)21-17(25)12-6-4-5-11(7-12)10-29-19-22-18(20)23-24-19/h4-9H,10H2,1-3H3,(H,21,25)(H3,20,22,23,24).